The molecule has 1 aromatic rings. The van der Waals surface area contributed by atoms with Crippen LogP contribution in [0.15, 0.2) is 24.3 Å². The van der Waals surface area contributed by atoms with Gasteiger partial charge in [0.2, 0.25) is 0 Å². The minimum Gasteiger partial charge on any atom is -0.297 e. The third-order valence-corrected chi connectivity index (χ3v) is 4.13. The van der Waals surface area contributed by atoms with E-state index in [0.29, 0.717) is 5.78 Å². The van der Waals surface area contributed by atoms with Gasteiger partial charge in [0.15, 0.2) is 5.78 Å². The number of hydrogen-bond donors (Lipinski definition) is 0. The fourth-order valence-electron chi connectivity index (χ4n) is 2.98. The summed E-state index contributed by atoms with van der Waals surface area (Å²) >= 11 is 0. The molecule has 0 aliphatic carbocycles. The average molecular weight is 273 g/mol. The second-order valence-corrected chi connectivity index (χ2v) is 7.83. The highest BCUT2D eigenvalue weighted by atomic mass is 16.1. The van der Waals surface area contributed by atoms with Crippen molar-refractivity contribution in [2.24, 2.45) is 5.41 Å². The largest absolute Gasteiger partial charge is 0.297 e. The summed E-state index contributed by atoms with van der Waals surface area (Å²) in [4.78, 5) is 15.4. The second-order valence-electron chi connectivity index (χ2n) is 7.83. The van der Waals surface area contributed by atoms with Crippen LogP contribution in [0.1, 0.15) is 58.7 Å². The van der Waals surface area contributed by atoms with Crippen molar-refractivity contribution >= 4 is 5.78 Å². The van der Waals surface area contributed by atoms with Crippen LogP contribution in [0, 0.1) is 5.41 Å². The first kappa shape index (κ1) is 15.2. The summed E-state index contributed by atoms with van der Waals surface area (Å²) in [5, 5.41) is 0. The van der Waals surface area contributed by atoms with Gasteiger partial charge in [0.05, 0.1) is 6.04 Å². The van der Waals surface area contributed by atoms with Gasteiger partial charge in [0, 0.05) is 17.5 Å². The van der Waals surface area contributed by atoms with Crippen molar-refractivity contribution in [3.05, 3.63) is 35.4 Å². The van der Waals surface area contributed by atoms with E-state index in [1.807, 2.05) is 26.8 Å². The molecule has 0 saturated carbocycles. The molecule has 0 aromatic heterocycles. The maximum absolute atomic E-state index is 13.0. The molecule has 0 radical (unpaired) electrons. The van der Waals surface area contributed by atoms with Gasteiger partial charge in [-0.25, -0.2) is 0 Å². The molecule has 2 heteroatoms. The van der Waals surface area contributed by atoms with Gasteiger partial charge in [-0.1, -0.05) is 45.0 Å². The summed E-state index contributed by atoms with van der Waals surface area (Å²) < 4.78 is 0. The normalized spacial score (nSPS) is 20.6. The molecule has 2 nitrogen and oxygen atoms in total. The molecule has 1 atom stereocenters. The van der Waals surface area contributed by atoms with Crippen LogP contribution >= 0.6 is 0 Å². The highest BCUT2D eigenvalue weighted by Crippen LogP contribution is 2.39. The van der Waals surface area contributed by atoms with Gasteiger partial charge in [-0.3, -0.25) is 9.69 Å². The maximum atomic E-state index is 13.0. The van der Waals surface area contributed by atoms with E-state index in [1.54, 1.807) is 0 Å². The third kappa shape index (κ3) is 2.80. The fraction of sp³-hybridized carbons (Fsp3) is 0.611. The van der Waals surface area contributed by atoms with E-state index in [4.69, 9.17) is 0 Å². The SMILES string of the molecule is CC(C)(C)C(=O)C1c2ccccc2CCN1C(C)(C)C. The predicted molar refractivity (Wildman–Crippen MR) is 83.8 cm³/mol. The molecule has 0 N–H and O–H groups in total. The zero-order chi connectivity index (χ0) is 15.1. The Balaban J connectivity index is 2.52. The third-order valence-electron chi connectivity index (χ3n) is 4.13. The van der Waals surface area contributed by atoms with Gasteiger partial charge in [0.25, 0.3) is 0 Å². The lowest BCUT2D eigenvalue weighted by atomic mass is 9.78. The number of nitrogens with zero attached hydrogens (tertiary/aromatic N) is 1. The van der Waals surface area contributed by atoms with E-state index in [0.717, 1.165) is 13.0 Å². The van der Waals surface area contributed by atoms with Crippen LogP contribution in [0.2, 0.25) is 0 Å². The van der Waals surface area contributed by atoms with E-state index < -0.39 is 0 Å². The molecule has 0 spiro atoms. The Bertz CT molecular complexity index is 505. The molecule has 0 saturated heterocycles. The number of ketones is 1. The van der Waals surface area contributed by atoms with E-state index in [1.165, 1.54) is 11.1 Å². The van der Waals surface area contributed by atoms with Gasteiger partial charge < -0.3 is 0 Å². The average Bonchev–Trinajstić information content (AvgIpc) is 2.34. The number of carbonyl (C=O) groups is 1. The van der Waals surface area contributed by atoms with Gasteiger partial charge >= 0.3 is 0 Å². The Labute approximate surface area is 123 Å². The smallest absolute Gasteiger partial charge is 0.159 e. The Morgan fingerprint density at radius 3 is 2.25 bits per heavy atom. The first-order valence-corrected chi connectivity index (χ1v) is 7.51. The van der Waals surface area contributed by atoms with E-state index in [2.05, 4.69) is 43.9 Å². The van der Waals surface area contributed by atoms with Crippen LogP contribution in [0.5, 0.6) is 0 Å². The Kier molecular flexibility index (Phi) is 3.81. The molecule has 1 aromatic carbocycles. The predicted octanol–water partition coefficient (Wildman–Crippen LogP) is 4.00. The zero-order valence-corrected chi connectivity index (χ0v) is 13.7. The molecule has 0 amide bonds. The van der Waals surface area contributed by atoms with Crippen molar-refractivity contribution in [1.29, 1.82) is 0 Å². The molecule has 110 valence electrons. The fourth-order valence-corrected chi connectivity index (χ4v) is 2.98. The van der Waals surface area contributed by atoms with Crippen LogP contribution in [0.4, 0.5) is 0 Å². The summed E-state index contributed by atoms with van der Waals surface area (Å²) in [6, 6.07) is 8.30. The lowest BCUT2D eigenvalue weighted by Crippen LogP contribution is -2.51. The maximum Gasteiger partial charge on any atom is 0.159 e. The summed E-state index contributed by atoms with van der Waals surface area (Å²) in [6.45, 7) is 13.6. The van der Waals surface area contributed by atoms with Crippen molar-refractivity contribution in [3.8, 4) is 0 Å². The van der Waals surface area contributed by atoms with Crippen LogP contribution in [0.3, 0.4) is 0 Å². The van der Waals surface area contributed by atoms with E-state index in [-0.39, 0.29) is 17.0 Å². The number of Topliss-reactive ketones (excluding diaryl/α,β-unsaturated/α-hetero) is 1. The second kappa shape index (κ2) is 5.00. The molecular formula is C18H27NO. The number of benzene rings is 1. The Morgan fingerprint density at radius 2 is 1.70 bits per heavy atom. The first-order chi connectivity index (χ1) is 9.12. The number of fused-ring (bicyclic) bond motifs is 1. The molecule has 1 aliphatic rings. The monoisotopic (exact) mass is 273 g/mol. The molecule has 1 aliphatic heterocycles. The van der Waals surface area contributed by atoms with Crippen molar-refractivity contribution < 1.29 is 4.79 Å². The van der Waals surface area contributed by atoms with Gasteiger partial charge in [-0.15, -0.1) is 0 Å². The number of carbonyl (C=O) groups excluding carboxylic acids is 1. The first-order valence-electron chi connectivity index (χ1n) is 7.51. The molecule has 2 rings (SSSR count). The molecular weight excluding hydrogens is 246 g/mol. The minimum absolute atomic E-state index is 0.000885. The quantitative estimate of drug-likeness (QED) is 0.771. The van der Waals surface area contributed by atoms with Gasteiger partial charge in [-0.2, -0.15) is 0 Å². The van der Waals surface area contributed by atoms with Crippen LogP contribution < -0.4 is 0 Å². The van der Waals surface area contributed by atoms with Crippen molar-refractivity contribution in [2.45, 2.75) is 59.5 Å². The minimum atomic E-state index is -0.321. The summed E-state index contributed by atoms with van der Waals surface area (Å²) in [7, 11) is 0. The molecule has 1 heterocycles. The highest BCUT2D eigenvalue weighted by Gasteiger charge is 2.41. The summed E-state index contributed by atoms with van der Waals surface area (Å²) in [5.74, 6) is 0.319. The molecule has 1 unspecified atom stereocenters. The van der Waals surface area contributed by atoms with Crippen LogP contribution in [-0.2, 0) is 11.2 Å². The molecule has 0 bridgehead atoms. The van der Waals surface area contributed by atoms with Crippen molar-refractivity contribution in [1.82, 2.24) is 4.90 Å². The van der Waals surface area contributed by atoms with E-state index in [9.17, 15) is 4.79 Å². The molecule has 0 fully saturated rings. The highest BCUT2D eigenvalue weighted by molar-refractivity contribution is 5.90. The Hall–Kier alpha value is -1.15. The lowest BCUT2D eigenvalue weighted by molar-refractivity contribution is -0.135. The van der Waals surface area contributed by atoms with Crippen LogP contribution in [0.25, 0.3) is 0 Å². The van der Waals surface area contributed by atoms with E-state index >= 15 is 0 Å². The lowest BCUT2D eigenvalue weighted by Gasteiger charge is -2.46. The molecule has 20 heavy (non-hydrogen) atoms. The Morgan fingerprint density at radius 1 is 1.10 bits per heavy atom. The standard InChI is InChI=1S/C18H27NO/c1-17(2,3)16(20)15-14-10-8-7-9-13(14)11-12-19(15)18(4,5)6/h7-10,15H,11-12H2,1-6H3. The number of hydrogen-bond acceptors (Lipinski definition) is 2. The van der Waals surface area contributed by atoms with Gasteiger partial charge in [0.1, 0.15) is 0 Å². The zero-order valence-electron chi connectivity index (χ0n) is 13.7. The van der Waals surface area contributed by atoms with Crippen molar-refractivity contribution in [2.75, 3.05) is 6.54 Å². The topological polar surface area (TPSA) is 20.3 Å². The summed E-state index contributed by atoms with van der Waals surface area (Å²) in [5.41, 5.74) is 2.21. The van der Waals surface area contributed by atoms with Crippen molar-refractivity contribution in [3.63, 3.8) is 0 Å². The summed E-state index contributed by atoms with van der Waals surface area (Å²) in [6.07, 6.45) is 1.03. The number of rotatable bonds is 1. The van der Waals surface area contributed by atoms with Crippen LogP contribution in [-0.4, -0.2) is 22.8 Å². The van der Waals surface area contributed by atoms with Gasteiger partial charge in [-0.05, 0) is 38.3 Å².